The lowest BCUT2D eigenvalue weighted by Gasteiger charge is -2.16. The molecular formula is C27H32ClN7O2. The van der Waals surface area contributed by atoms with Crippen molar-refractivity contribution in [2.24, 2.45) is 11.7 Å². The number of aryl methyl sites for hydroxylation is 1. The average Bonchev–Trinajstić information content (AvgIpc) is 3.54. The summed E-state index contributed by atoms with van der Waals surface area (Å²) < 4.78 is 7.58. The van der Waals surface area contributed by atoms with Crippen LogP contribution in [0.25, 0.3) is 22.5 Å². The number of carbonyl (C=O) groups is 1. The van der Waals surface area contributed by atoms with Gasteiger partial charge in [0.05, 0.1) is 5.69 Å². The number of halogens is 1. The van der Waals surface area contributed by atoms with Gasteiger partial charge in [0.25, 0.3) is 0 Å². The Bertz CT molecular complexity index is 1320. The zero-order valence-electron chi connectivity index (χ0n) is 21.3. The smallest absolute Gasteiger partial charge is 0.323 e. The van der Waals surface area contributed by atoms with Gasteiger partial charge < -0.3 is 15.0 Å². The number of ether oxygens (including phenoxy) is 1. The van der Waals surface area contributed by atoms with Crippen LogP contribution in [0.2, 0.25) is 5.15 Å². The van der Waals surface area contributed by atoms with Crippen molar-refractivity contribution < 1.29 is 9.53 Å². The van der Waals surface area contributed by atoms with E-state index in [1.807, 2.05) is 38.1 Å². The van der Waals surface area contributed by atoms with E-state index in [1.54, 1.807) is 0 Å². The Balaban J connectivity index is 1.58. The van der Waals surface area contributed by atoms with Gasteiger partial charge in [-0.3, -0.25) is 4.79 Å². The molecule has 0 saturated heterocycles. The summed E-state index contributed by atoms with van der Waals surface area (Å²) in [6.07, 6.45) is 2.80. The van der Waals surface area contributed by atoms with Gasteiger partial charge >= 0.3 is 5.97 Å². The zero-order chi connectivity index (χ0) is 26.4. The summed E-state index contributed by atoms with van der Waals surface area (Å²) in [6.45, 7) is 6.48. The summed E-state index contributed by atoms with van der Waals surface area (Å²) in [7, 11) is 0. The van der Waals surface area contributed by atoms with Crippen molar-refractivity contribution >= 4 is 17.6 Å². The standard InChI is InChI=1S/C27H32ClN7O2/c1-4-5-10-23-30-25(28)22(16-37-27(36)24(29)17(2)3)35(23)15-18-11-13-19(14-12-18)20-8-6-7-9-21(20)26-31-33-34-32-26/h6-9,11-14,17,24H,4-5,10,15-16,29H2,1-3H3,(H,31,32,33,34). The van der Waals surface area contributed by atoms with E-state index in [9.17, 15) is 4.79 Å². The number of nitrogens with one attached hydrogen (secondary N) is 1. The van der Waals surface area contributed by atoms with Gasteiger partial charge in [0.1, 0.15) is 18.5 Å². The van der Waals surface area contributed by atoms with Crippen molar-refractivity contribution in [3.8, 4) is 22.5 Å². The molecular weight excluding hydrogens is 490 g/mol. The first-order valence-corrected chi connectivity index (χ1v) is 12.8. The fourth-order valence-corrected chi connectivity index (χ4v) is 4.30. The Morgan fingerprint density at radius 2 is 1.86 bits per heavy atom. The number of aromatic amines is 1. The van der Waals surface area contributed by atoms with Crippen LogP contribution in [0.5, 0.6) is 0 Å². The Morgan fingerprint density at radius 1 is 1.14 bits per heavy atom. The maximum atomic E-state index is 12.4. The number of benzene rings is 2. The van der Waals surface area contributed by atoms with Crippen LogP contribution in [0.15, 0.2) is 48.5 Å². The molecule has 1 atom stereocenters. The van der Waals surface area contributed by atoms with Crippen molar-refractivity contribution in [1.82, 2.24) is 30.2 Å². The molecule has 37 heavy (non-hydrogen) atoms. The number of imidazole rings is 1. The van der Waals surface area contributed by atoms with Crippen molar-refractivity contribution in [2.45, 2.75) is 59.2 Å². The second-order valence-corrected chi connectivity index (χ2v) is 9.67. The normalized spacial score (nSPS) is 12.2. The quantitative estimate of drug-likeness (QED) is 0.271. The third-order valence-corrected chi connectivity index (χ3v) is 6.62. The van der Waals surface area contributed by atoms with Crippen LogP contribution in [0, 0.1) is 5.92 Å². The molecule has 9 nitrogen and oxygen atoms in total. The SMILES string of the molecule is CCCCc1nc(Cl)c(COC(=O)C(N)C(C)C)n1Cc1ccc(-c2ccccc2-c2nn[nH]n2)cc1. The van der Waals surface area contributed by atoms with Crippen LogP contribution < -0.4 is 5.73 Å². The van der Waals surface area contributed by atoms with E-state index in [-0.39, 0.29) is 12.5 Å². The third-order valence-electron chi connectivity index (χ3n) is 6.32. The number of carbonyl (C=O) groups excluding carboxylic acids is 1. The monoisotopic (exact) mass is 521 g/mol. The first-order chi connectivity index (χ1) is 17.9. The van der Waals surface area contributed by atoms with Gasteiger partial charge in [-0.2, -0.15) is 5.21 Å². The minimum Gasteiger partial charge on any atom is -0.458 e. The van der Waals surface area contributed by atoms with E-state index >= 15 is 0 Å². The van der Waals surface area contributed by atoms with Gasteiger partial charge in [-0.15, -0.1) is 10.2 Å². The van der Waals surface area contributed by atoms with E-state index in [1.165, 1.54) is 0 Å². The van der Waals surface area contributed by atoms with Crippen LogP contribution in [-0.2, 0) is 29.1 Å². The van der Waals surface area contributed by atoms with Crippen molar-refractivity contribution in [3.05, 3.63) is 70.8 Å². The highest BCUT2D eigenvalue weighted by molar-refractivity contribution is 6.30. The third kappa shape index (κ3) is 6.23. The number of aromatic nitrogens is 6. The number of rotatable bonds is 11. The van der Waals surface area contributed by atoms with E-state index in [0.717, 1.165) is 47.3 Å². The first-order valence-electron chi connectivity index (χ1n) is 12.5. The van der Waals surface area contributed by atoms with Crippen LogP contribution >= 0.6 is 11.6 Å². The Kier molecular flexibility index (Phi) is 8.68. The summed E-state index contributed by atoms with van der Waals surface area (Å²) in [5, 5.41) is 14.8. The van der Waals surface area contributed by atoms with Gasteiger partial charge in [0, 0.05) is 18.5 Å². The number of hydrogen-bond acceptors (Lipinski definition) is 7. The predicted octanol–water partition coefficient (Wildman–Crippen LogP) is 4.80. The lowest BCUT2D eigenvalue weighted by molar-refractivity contribution is -0.147. The molecule has 2 aromatic carbocycles. The molecule has 0 aliphatic heterocycles. The fraction of sp³-hybridized carbons (Fsp3) is 0.370. The van der Waals surface area contributed by atoms with Gasteiger partial charge in [-0.1, -0.05) is 87.3 Å². The maximum Gasteiger partial charge on any atom is 0.323 e. The summed E-state index contributed by atoms with van der Waals surface area (Å²) in [6, 6.07) is 15.5. The van der Waals surface area contributed by atoms with Crippen molar-refractivity contribution in [3.63, 3.8) is 0 Å². The summed E-state index contributed by atoms with van der Waals surface area (Å²) >= 11 is 6.52. The number of unbranched alkanes of at least 4 members (excludes halogenated alkanes) is 1. The summed E-state index contributed by atoms with van der Waals surface area (Å²) in [5.41, 5.74) is 10.6. The van der Waals surface area contributed by atoms with Gasteiger partial charge in [0.2, 0.25) is 5.82 Å². The molecule has 0 fully saturated rings. The molecule has 1 unspecified atom stereocenters. The molecule has 0 amide bonds. The van der Waals surface area contributed by atoms with Gasteiger partial charge in [-0.05, 0) is 34.2 Å². The van der Waals surface area contributed by atoms with E-state index in [0.29, 0.717) is 23.2 Å². The summed E-state index contributed by atoms with van der Waals surface area (Å²) in [5.74, 6) is 0.956. The van der Waals surface area contributed by atoms with Gasteiger partial charge in [-0.25, -0.2) is 4.98 Å². The molecule has 0 aliphatic carbocycles. The molecule has 0 saturated carbocycles. The molecule has 0 aliphatic rings. The Labute approximate surface area is 221 Å². The number of esters is 1. The fourth-order valence-electron chi connectivity index (χ4n) is 4.04. The molecule has 4 rings (SSSR count). The number of nitrogens with two attached hydrogens (primary N) is 1. The largest absolute Gasteiger partial charge is 0.458 e. The first kappa shape index (κ1) is 26.5. The van der Waals surface area contributed by atoms with E-state index in [4.69, 9.17) is 22.1 Å². The maximum absolute atomic E-state index is 12.4. The lowest BCUT2D eigenvalue weighted by Crippen LogP contribution is -2.37. The molecule has 2 heterocycles. The minimum atomic E-state index is -0.683. The van der Waals surface area contributed by atoms with Gasteiger partial charge in [0.15, 0.2) is 5.15 Å². The molecule has 194 valence electrons. The molecule has 0 spiro atoms. The van der Waals surface area contributed by atoms with E-state index in [2.05, 4.69) is 61.4 Å². The predicted molar refractivity (Wildman–Crippen MR) is 143 cm³/mol. The number of tetrazole rings is 1. The molecule has 4 aromatic rings. The number of nitrogens with zero attached hydrogens (tertiary/aromatic N) is 5. The topological polar surface area (TPSA) is 125 Å². The van der Waals surface area contributed by atoms with Crippen LogP contribution in [-0.4, -0.2) is 42.2 Å². The molecule has 0 radical (unpaired) electrons. The Hall–Kier alpha value is -3.56. The second kappa shape index (κ2) is 12.1. The second-order valence-electron chi connectivity index (χ2n) is 9.31. The lowest BCUT2D eigenvalue weighted by atomic mass is 9.98. The van der Waals surface area contributed by atoms with Crippen molar-refractivity contribution in [1.29, 1.82) is 0 Å². The van der Waals surface area contributed by atoms with Crippen molar-refractivity contribution in [2.75, 3.05) is 0 Å². The highest BCUT2D eigenvalue weighted by Gasteiger charge is 2.22. The molecule has 3 N–H and O–H groups in total. The van der Waals surface area contributed by atoms with Crippen LogP contribution in [0.4, 0.5) is 0 Å². The van der Waals surface area contributed by atoms with Crippen LogP contribution in [0.3, 0.4) is 0 Å². The van der Waals surface area contributed by atoms with E-state index < -0.39 is 12.0 Å². The van der Waals surface area contributed by atoms with Crippen LogP contribution in [0.1, 0.15) is 50.7 Å². The molecule has 2 aromatic heterocycles. The minimum absolute atomic E-state index is 0.0169. The highest BCUT2D eigenvalue weighted by atomic mass is 35.5. The summed E-state index contributed by atoms with van der Waals surface area (Å²) in [4.78, 5) is 17.0. The number of hydrogen-bond donors (Lipinski definition) is 2. The highest BCUT2D eigenvalue weighted by Crippen LogP contribution is 2.30. The average molecular weight is 522 g/mol. The zero-order valence-corrected chi connectivity index (χ0v) is 22.1. The number of H-pyrrole nitrogens is 1. The molecule has 0 bridgehead atoms. The molecule has 10 heteroatoms. The Morgan fingerprint density at radius 3 is 2.51 bits per heavy atom.